The lowest BCUT2D eigenvalue weighted by Gasteiger charge is -2.40. The van der Waals surface area contributed by atoms with Crippen LogP contribution in [0.4, 0.5) is 8.78 Å². The number of benzene rings is 2. The summed E-state index contributed by atoms with van der Waals surface area (Å²) in [6, 6.07) is 8.20. The van der Waals surface area contributed by atoms with Crippen LogP contribution in [0.25, 0.3) is 0 Å². The van der Waals surface area contributed by atoms with Crippen molar-refractivity contribution in [3.05, 3.63) is 63.7 Å². The topological polar surface area (TPSA) is 99.1 Å². The monoisotopic (exact) mass is 546 g/mol. The molecule has 7 nitrogen and oxygen atoms in total. The summed E-state index contributed by atoms with van der Waals surface area (Å²) >= 11 is 0. The molecule has 0 radical (unpaired) electrons. The second-order valence-corrected chi connectivity index (χ2v) is 11.1. The molecular formula is C29H41BF2N2O5. The highest BCUT2D eigenvalue weighted by Crippen LogP contribution is 2.32. The highest BCUT2D eigenvalue weighted by molar-refractivity contribution is 6.40. The largest absolute Gasteiger partial charge is 0.451 e. The molecular weight excluding hydrogens is 505 g/mol. The van der Waals surface area contributed by atoms with Crippen molar-refractivity contribution in [2.24, 2.45) is 5.41 Å². The number of aryl methyl sites for hydroxylation is 3. The molecule has 10 heteroatoms. The molecule has 0 fully saturated rings. The van der Waals surface area contributed by atoms with Gasteiger partial charge in [0.2, 0.25) is 0 Å². The molecule has 2 amide bonds. The maximum Gasteiger partial charge on any atom is 0.451 e. The van der Waals surface area contributed by atoms with Crippen LogP contribution in [-0.2, 0) is 6.42 Å². The lowest BCUT2D eigenvalue weighted by atomic mass is 9.83. The minimum atomic E-state index is -3.11. The minimum Gasteiger partial charge on any atom is -0.434 e. The van der Waals surface area contributed by atoms with Gasteiger partial charge in [-0.25, -0.2) is 5.01 Å². The summed E-state index contributed by atoms with van der Waals surface area (Å²) < 4.78 is 31.4. The first-order valence-electron chi connectivity index (χ1n) is 13.3. The van der Waals surface area contributed by atoms with Crippen LogP contribution in [-0.4, -0.2) is 46.6 Å². The highest BCUT2D eigenvalue weighted by atomic mass is 19.3. The number of hydrogen-bond acceptors (Lipinski definition) is 5. The van der Waals surface area contributed by atoms with Crippen molar-refractivity contribution >= 4 is 18.9 Å². The van der Waals surface area contributed by atoms with Gasteiger partial charge < -0.3 is 14.8 Å². The number of carbonyl (C=O) groups excluding carboxylic acids is 2. The molecule has 0 aromatic heterocycles. The molecule has 0 saturated carbocycles. The second kappa shape index (κ2) is 13.9. The third-order valence-electron chi connectivity index (χ3n) is 6.63. The molecule has 0 heterocycles. The number of halogens is 2. The van der Waals surface area contributed by atoms with Gasteiger partial charge in [-0.3, -0.25) is 15.0 Å². The maximum atomic E-state index is 13.9. The Bertz CT molecular complexity index is 1130. The predicted molar refractivity (Wildman–Crippen MR) is 149 cm³/mol. The minimum absolute atomic E-state index is 0.0660. The Morgan fingerprint density at radius 2 is 1.69 bits per heavy atom. The van der Waals surface area contributed by atoms with Crippen molar-refractivity contribution < 1.29 is 33.2 Å². The molecule has 0 aliphatic carbocycles. The summed E-state index contributed by atoms with van der Waals surface area (Å²) in [5, 5.41) is 19.6. The Balaban J connectivity index is 2.52. The van der Waals surface area contributed by atoms with Crippen LogP contribution in [0, 0.1) is 26.2 Å². The SMILES string of the molecule is CCCC(N(NC(=O)c1ccc(CCCB(O)O)c(OC(F)F)c1C)C(=O)c1cc(C)cc(C)c1)C(C)(C)C. The van der Waals surface area contributed by atoms with Crippen molar-refractivity contribution in [1.29, 1.82) is 0 Å². The molecule has 214 valence electrons. The van der Waals surface area contributed by atoms with Crippen LogP contribution >= 0.6 is 0 Å². The van der Waals surface area contributed by atoms with Crippen LogP contribution in [0.1, 0.15) is 89.9 Å². The summed E-state index contributed by atoms with van der Waals surface area (Å²) in [7, 11) is -1.50. The van der Waals surface area contributed by atoms with E-state index in [4.69, 9.17) is 14.8 Å². The molecule has 0 aliphatic heterocycles. The number of carbonyl (C=O) groups is 2. The van der Waals surface area contributed by atoms with Crippen molar-refractivity contribution in [2.75, 3.05) is 0 Å². The Morgan fingerprint density at radius 1 is 1.08 bits per heavy atom. The number of nitrogens with one attached hydrogen (secondary N) is 1. The average molecular weight is 546 g/mol. The second-order valence-electron chi connectivity index (χ2n) is 11.1. The van der Waals surface area contributed by atoms with Crippen molar-refractivity contribution in [1.82, 2.24) is 10.4 Å². The van der Waals surface area contributed by atoms with Gasteiger partial charge in [0.15, 0.2) is 0 Å². The third kappa shape index (κ3) is 9.03. The van der Waals surface area contributed by atoms with E-state index in [1.54, 1.807) is 12.1 Å². The summed E-state index contributed by atoms with van der Waals surface area (Å²) in [5.74, 6) is -1.10. The fourth-order valence-electron chi connectivity index (χ4n) is 4.82. The van der Waals surface area contributed by atoms with Crippen LogP contribution in [0.5, 0.6) is 5.75 Å². The van der Waals surface area contributed by atoms with Gasteiger partial charge in [-0.2, -0.15) is 8.78 Å². The van der Waals surface area contributed by atoms with Crippen molar-refractivity contribution in [3.63, 3.8) is 0 Å². The predicted octanol–water partition coefficient (Wildman–Crippen LogP) is 5.62. The van der Waals surface area contributed by atoms with Crippen molar-refractivity contribution in [2.45, 2.75) is 93.1 Å². The van der Waals surface area contributed by atoms with Gasteiger partial charge >= 0.3 is 13.7 Å². The molecule has 2 aromatic carbocycles. The first kappa shape index (κ1) is 32.2. The van der Waals surface area contributed by atoms with E-state index in [9.17, 15) is 18.4 Å². The number of hydrazine groups is 1. The Labute approximate surface area is 230 Å². The zero-order valence-corrected chi connectivity index (χ0v) is 24.0. The number of hydrogen-bond donors (Lipinski definition) is 3. The van der Waals surface area contributed by atoms with E-state index in [0.29, 0.717) is 24.0 Å². The summed E-state index contributed by atoms with van der Waals surface area (Å²) in [6.45, 7) is 10.2. The molecule has 0 spiro atoms. The quantitative estimate of drug-likeness (QED) is 0.251. The van der Waals surface area contributed by atoms with Crippen LogP contribution < -0.4 is 10.2 Å². The van der Waals surface area contributed by atoms with E-state index in [2.05, 4.69) is 5.43 Å². The fourth-order valence-corrected chi connectivity index (χ4v) is 4.82. The Kier molecular flexibility index (Phi) is 11.5. The first-order chi connectivity index (χ1) is 18.1. The van der Waals surface area contributed by atoms with Gasteiger partial charge in [0.1, 0.15) is 5.75 Å². The summed E-state index contributed by atoms with van der Waals surface area (Å²) in [4.78, 5) is 27.5. The number of nitrogens with zero attached hydrogens (tertiary/aromatic N) is 1. The van der Waals surface area contributed by atoms with E-state index in [-0.39, 0.29) is 47.0 Å². The molecule has 3 N–H and O–H groups in total. The van der Waals surface area contributed by atoms with Gasteiger partial charge in [-0.15, -0.1) is 0 Å². The number of alkyl halides is 2. The molecule has 39 heavy (non-hydrogen) atoms. The van der Waals surface area contributed by atoms with Crippen molar-refractivity contribution in [3.8, 4) is 5.75 Å². The van der Waals surface area contributed by atoms with Gasteiger partial charge in [-0.1, -0.05) is 63.8 Å². The number of ether oxygens (including phenoxy) is 1. The molecule has 0 bridgehead atoms. The number of rotatable bonds is 11. The van der Waals surface area contributed by atoms with Crippen LogP contribution in [0.15, 0.2) is 30.3 Å². The molecule has 1 atom stereocenters. The van der Waals surface area contributed by atoms with Gasteiger partial charge in [0.05, 0.1) is 6.04 Å². The normalized spacial score (nSPS) is 12.3. The van der Waals surface area contributed by atoms with Gasteiger partial charge in [-0.05, 0) is 69.1 Å². The lowest BCUT2D eigenvalue weighted by molar-refractivity contribution is -0.0509. The number of amides is 2. The molecule has 0 saturated heterocycles. The van der Waals surface area contributed by atoms with Gasteiger partial charge in [0.25, 0.3) is 11.8 Å². The van der Waals surface area contributed by atoms with E-state index < -0.39 is 19.6 Å². The highest BCUT2D eigenvalue weighted by Gasteiger charge is 2.35. The first-order valence-corrected chi connectivity index (χ1v) is 13.3. The Morgan fingerprint density at radius 3 is 2.21 bits per heavy atom. The zero-order chi connectivity index (χ0) is 29.5. The van der Waals surface area contributed by atoms with Crippen LogP contribution in [0.2, 0.25) is 6.32 Å². The molecule has 1 unspecified atom stereocenters. The van der Waals surface area contributed by atoms with E-state index in [0.717, 1.165) is 17.5 Å². The molecule has 2 rings (SSSR count). The lowest BCUT2D eigenvalue weighted by Crippen LogP contribution is -2.56. The fraction of sp³-hybridized carbons (Fsp3) is 0.517. The van der Waals surface area contributed by atoms with Crippen LogP contribution in [0.3, 0.4) is 0 Å². The smallest absolute Gasteiger partial charge is 0.434 e. The molecule has 2 aromatic rings. The Hall–Kier alpha value is -2.98. The summed E-state index contributed by atoms with van der Waals surface area (Å²) in [5.41, 5.74) is 5.42. The standard InChI is InChI=1S/C29H41BF2N2O5/c1-8-10-24(29(5,6)7)34(27(36)22-16-18(2)15-19(3)17-22)33-26(35)23-13-12-21(11-9-14-30(37)38)25(20(23)4)39-28(31)32/h12-13,15-17,24,28,37-38H,8-11,14H2,1-7H3,(H,33,35). The average Bonchev–Trinajstić information content (AvgIpc) is 2.81. The van der Waals surface area contributed by atoms with E-state index in [1.165, 1.54) is 24.1 Å². The third-order valence-corrected chi connectivity index (χ3v) is 6.63. The maximum absolute atomic E-state index is 13.9. The zero-order valence-electron chi connectivity index (χ0n) is 24.0. The molecule has 0 aliphatic rings. The van der Waals surface area contributed by atoms with Gasteiger partial charge in [0, 0.05) is 16.7 Å². The van der Waals surface area contributed by atoms with E-state index in [1.807, 2.05) is 47.6 Å². The van der Waals surface area contributed by atoms with E-state index >= 15 is 0 Å². The summed E-state index contributed by atoms with van der Waals surface area (Å²) in [6.07, 6.45) is 2.05.